The molecule has 6 nitrogen and oxygen atoms in total. The summed E-state index contributed by atoms with van der Waals surface area (Å²) in [4.78, 5) is 6.25. The van der Waals surface area contributed by atoms with Gasteiger partial charge in [0.1, 0.15) is 0 Å². The van der Waals surface area contributed by atoms with Crippen molar-refractivity contribution in [2.45, 2.75) is 12.8 Å². The number of aromatic nitrogens is 3. The van der Waals surface area contributed by atoms with Crippen molar-refractivity contribution in [2.75, 3.05) is 30.3 Å². The number of rotatable bonds is 2. The van der Waals surface area contributed by atoms with Crippen LogP contribution in [0.5, 0.6) is 0 Å². The van der Waals surface area contributed by atoms with Gasteiger partial charge in [0.25, 0.3) is 0 Å². The maximum atomic E-state index is 5.62. The molecule has 0 radical (unpaired) electrons. The predicted molar refractivity (Wildman–Crippen MR) is 54.8 cm³/mol. The second kappa shape index (κ2) is 3.83. The molecule has 1 aromatic heterocycles. The highest BCUT2D eigenvalue weighted by Crippen LogP contribution is 2.19. The van der Waals surface area contributed by atoms with Crippen LogP contribution >= 0.6 is 0 Å². The van der Waals surface area contributed by atoms with Gasteiger partial charge in [0.2, 0.25) is 11.9 Å². The van der Waals surface area contributed by atoms with Crippen LogP contribution in [0, 0.1) is 5.92 Å². The third-order valence-electron chi connectivity index (χ3n) is 2.74. The van der Waals surface area contributed by atoms with Gasteiger partial charge >= 0.3 is 0 Å². The van der Waals surface area contributed by atoms with Crippen LogP contribution in [0.25, 0.3) is 0 Å². The largest absolute Gasteiger partial charge is 0.366 e. The maximum Gasteiger partial charge on any atom is 0.241 e. The van der Waals surface area contributed by atoms with E-state index in [1.54, 1.807) is 0 Å². The Labute approximate surface area is 82.7 Å². The molecule has 0 atom stereocenters. The Morgan fingerprint density at radius 3 is 2.64 bits per heavy atom. The van der Waals surface area contributed by atoms with Gasteiger partial charge in [-0.3, -0.25) is 0 Å². The number of piperidine rings is 1. The molecule has 0 spiro atoms. The van der Waals surface area contributed by atoms with Crippen LogP contribution < -0.4 is 16.4 Å². The minimum atomic E-state index is 0.306. The van der Waals surface area contributed by atoms with E-state index in [9.17, 15) is 0 Å². The normalized spacial score (nSPS) is 18.8. The first-order valence-electron chi connectivity index (χ1n) is 4.92. The SMILES string of the molecule is NCC1CCN(c2nc(N)n[nH]2)CC1. The molecule has 14 heavy (non-hydrogen) atoms. The summed E-state index contributed by atoms with van der Waals surface area (Å²) in [6.07, 6.45) is 2.24. The fourth-order valence-corrected chi connectivity index (χ4v) is 1.79. The first kappa shape index (κ1) is 9.26. The van der Waals surface area contributed by atoms with Gasteiger partial charge in [-0.05, 0) is 25.3 Å². The second-order valence-corrected chi connectivity index (χ2v) is 3.68. The Balaban J connectivity index is 1.95. The molecule has 6 heteroatoms. The van der Waals surface area contributed by atoms with E-state index in [-0.39, 0.29) is 0 Å². The summed E-state index contributed by atoms with van der Waals surface area (Å²) in [7, 11) is 0. The topological polar surface area (TPSA) is 96.8 Å². The molecule has 5 N–H and O–H groups in total. The highest BCUT2D eigenvalue weighted by Gasteiger charge is 2.19. The van der Waals surface area contributed by atoms with Gasteiger partial charge in [0, 0.05) is 13.1 Å². The fourth-order valence-electron chi connectivity index (χ4n) is 1.79. The van der Waals surface area contributed by atoms with Gasteiger partial charge in [-0.1, -0.05) is 0 Å². The average molecular weight is 196 g/mol. The number of anilines is 2. The summed E-state index contributed by atoms with van der Waals surface area (Å²) in [5.41, 5.74) is 11.1. The highest BCUT2D eigenvalue weighted by atomic mass is 15.4. The molecule has 78 valence electrons. The molecule has 0 unspecified atom stereocenters. The molecule has 1 aliphatic rings. The Morgan fingerprint density at radius 2 is 2.14 bits per heavy atom. The molecular weight excluding hydrogens is 180 g/mol. The Bertz CT molecular complexity index is 288. The number of H-pyrrole nitrogens is 1. The van der Waals surface area contributed by atoms with Crippen molar-refractivity contribution < 1.29 is 0 Å². The number of nitrogens with two attached hydrogens (primary N) is 2. The van der Waals surface area contributed by atoms with Gasteiger partial charge in [-0.2, -0.15) is 4.98 Å². The lowest BCUT2D eigenvalue weighted by atomic mass is 9.97. The summed E-state index contributed by atoms with van der Waals surface area (Å²) in [6, 6.07) is 0. The van der Waals surface area contributed by atoms with E-state index in [0.29, 0.717) is 11.9 Å². The van der Waals surface area contributed by atoms with Crippen LogP contribution in [-0.2, 0) is 0 Å². The molecule has 2 heterocycles. The summed E-state index contributed by atoms with van der Waals surface area (Å²) in [6.45, 7) is 2.75. The smallest absolute Gasteiger partial charge is 0.241 e. The van der Waals surface area contributed by atoms with Crippen molar-refractivity contribution in [2.24, 2.45) is 11.7 Å². The third kappa shape index (κ3) is 1.79. The van der Waals surface area contributed by atoms with E-state index in [0.717, 1.165) is 38.4 Å². The minimum Gasteiger partial charge on any atom is -0.366 e. The standard InChI is InChI=1S/C8H16N6/c9-5-6-1-3-14(4-2-6)8-11-7(10)12-13-8/h6H,1-5,9H2,(H3,10,11,12,13). The molecule has 0 saturated carbocycles. The molecule has 0 aromatic carbocycles. The number of nitrogens with one attached hydrogen (secondary N) is 1. The monoisotopic (exact) mass is 196 g/mol. The quantitative estimate of drug-likeness (QED) is 0.596. The van der Waals surface area contributed by atoms with E-state index in [1.807, 2.05) is 0 Å². The van der Waals surface area contributed by atoms with E-state index in [1.165, 1.54) is 0 Å². The summed E-state index contributed by atoms with van der Waals surface area (Å²) >= 11 is 0. The molecule has 0 amide bonds. The van der Waals surface area contributed by atoms with Gasteiger partial charge in [-0.15, -0.1) is 5.10 Å². The second-order valence-electron chi connectivity index (χ2n) is 3.68. The molecule has 1 aromatic rings. The zero-order valence-corrected chi connectivity index (χ0v) is 8.11. The van der Waals surface area contributed by atoms with Crippen LogP contribution in [0.2, 0.25) is 0 Å². The van der Waals surface area contributed by atoms with Crippen LogP contribution in [0.3, 0.4) is 0 Å². The Kier molecular flexibility index (Phi) is 2.53. The maximum absolute atomic E-state index is 5.62. The third-order valence-corrected chi connectivity index (χ3v) is 2.74. The lowest BCUT2D eigenvalue weighted by molar-refractivity contribution is 0.411. The van der Waals surface area contributed by atoms with Crippen LogP contribution in [0.1, 0.15) is 12.8 Å². The molecule has 0 bridgehead atoms. The zero-order chi connectivity index (χ0) is 9.97. The molecule has 2 rings (SSSR count). The Hall–Kier alpha value is -1.30. The summed E-state index contributed by atoms with van der Waals surface area (Å²) < 4.78 is 0. The van der Waals surface area contributed by atoms with Crippen molar-refractivity contribution in [1.82, 2.24) is 15.2 Å². The summed E-state index contributed by atoms with van der Waals surface area (Å²) in [5, 5.41) is 6.62. The van der Waals surface area contributed by atoms with Crippen LogP contribution in [0.15, 0.2) is 0 Å². The minimum absolute atomic E-state index is 0.306. The number of aromatic amines is 1. The number of nitrogen functional groups attached to an aromatic ring is 1. The first-order chi connectivity index (χ1) is 6.79. The van der Waals surface area contributed by atoms with Gasteiger partial charge in [-0.25, -0.2) is 5.10 Å². The van der Waals surface area contributed by atoms with E-state index >= 15 is 0 Å². The van der Waals surface area contributed by atoms with E-state index in [2.05, 4.69) is 20.1 Å². The predicted octanol–water partition coefficient (Wildman–Crippen LogP) is -0.438. The van der Waals surface area contributed by atoms with Crippen molar-refractivity contribution in [3.05, 3.63) is 0 Å². The van der Waals surface area contributed by atoms with E-state index in [4.69, 9.17) is 11.5 Å². The Morgan fingerprint density at radius 1 is 1.43 bits per heavy atom. The van der Waals surface area contributed by atoms with Gasteiger partial charge in [0.05, 0.1) is 0 Å². The molecule has 0 aliphatic carbocycles. The van der Waals surface area contributed by atoms with Crippen molar-refractivity contribution in [3.63, 3.8) is 0 Å². The molecule has 1 fully saturated rings. The fraction of sp³-hybridized carbons (Fsp3) is 0.750. The van der Waals surface area contributed by atoms with Crippen molar-refractivity contribution in [1.29, 1.82) is 0 Å². The van der Waals surface area contributed by atoms with Crippen molar-refractivity contribution >= 4 is 11.9 Å². The average Bonchev–Trinajstić information content (AvgIpc) is 2.65. The number of nitrogens with zero attached hydrogens (tertiary/aromatic N) is 3. The zero-order valence-electron chi connectivity index (χ0n) is 8.11. The van der Waals surface area contributed by atoms with Crippen molar-refractivity contribution in [3.8, 4) is 0 Å². The summed E-state index contributed by atoms with van der Waals surface area (Å²) in [5.74, 6) is 1.74. The number of hydrogen-bond donors (Lipinski definition) is 3. The number of hydrogen-bond acceptors (Lipinski definition) is 5. The lowest BCUT2D eigenvalue weighted by Crippen LogP contribution is -2.36. The molecule has 1 saturated heterocycles. The van der Waals surface area contributed by atoms with Crippen LogP contribution in [0.4, 0.5) is 11.9 Å². The van der Waals surface area contributed by atoms with E-state index < -0.39 is 0 Å². The first-order valence-corrected chi connectivity index (χ1v) is 4.92. The van der Waals surface area contributed by atoms with Gasteiger partial charge < -0.3 is 16.4 Å². The molecular formula is C8H16N6. The lowest BCUT2D eigenvalue weighted by Gasteiger charge is -2.30. The van der Waals surface area contributed by atoms with Gasteiger partial charge in [0.15, 0.2) is 0 Å². The highest BCUT2D eigenvalue weighted by molar-refractivity contribution is 5.34. The van der Waals surface area contributed by atoms with Crippen LogP contribution in [-0.4, -0.2) is 34.8 Å². The molecule has 1 aliphatic heterocycles.